The first-order valence-electron chi connectivity index (χ1n) is 7.90. The van der Waals surface area contributed by atoms with Crippen LogP contribution in [0.3, 0.4) is 0 Å². The largest absolute Gasteiger partial charge is 0.507 e. The van der Waals surface area contributed by atoms with E-state index in [1.54, 1.807) is 6.07 Å². The predicted octanol–water partition coefficient (Wildman–Crippen LogP) is 6.38. The summed E-state index contributed by atoms with van der Waals surface area (Å²) in [5.41, 5.74) is 1.41. The SMILES string of the molecule is CC.CC(C)c1ccccc1.Oc1cccc2ccccc12. The molecular weight excluding hydrogens is 268 g/mol. The molecular formula is C21H26O. The van der Waals surface area contributed by atoms with Gasteiger partial charge in [-0.1, -0.05) is 94.4 Å². The van der Waals surface area contributed by atoms with Crippen molar-refractivity contribution in [2.75, 3.05) is 0 Å². The zero-order valence-electron chi connectivity index (χ0n) is 14.0. The summed E-state index contributed by atoms with van der Waals surface area (Å²) in [7, 11) is 0. The van der Waals surface area contributed by atoms with E-state index in [1.165, 1.54) is 5.56 Å². The monoisotopic (exact) mass is 294 g/mol. The topological polar surface area (TPSA) is 20.2 Å². The van der Waals surface area contributed by atoms with Crippen LogP contribution in [0.15, 0.2) is 72.8 Å². The Morgan fingerprint density at radius 2 is 1.23 bits per heavy atom. The molecule has 1 heteroatoms. The van der Waals surface area contributed by atoms with Gasteiger partial charge in [0.1, 0.15) is 5.75 Å². The third kappa shape index (κ3) is 5.25. The number of rotatable bonds is 1. The van der Waals surface area contributed by atoms with Crippen LogP contribution in [0.5, 0.6) is 5.75 Å². The highest BCUT2D eigenvalue weighted by atomic mass is 16.3. The van der Waals surface area contributed by atoms with Gasteiger partial charge in [-0.05, 0) is 22.9 Å². The second-order valence-electron chi connectivity index (χ2n) is 5.06. The summed E-state index contributed by atoms with van der Waals surface area (Å²) in [5.74, 6) is 1.01. The maximum Gasteiger partial charge on any atom is 0.123 e. The Balaban J connectivity index is 0.000000202. The van der Waals surface area contributed by atoms with E-state index in [1.807, 2.05) is 56.3 Å². The minimum absolute atomic E-state index is 0.350. The van der Waals surface area contributed by atoms with Crippen molar-refractivity contribution in [1.82, 2.24) is 0 Å². The second-order valence-corrected chi connectivity index (χ2v) is 5.06. The summed E-state index contributed by atoms with van der Waals surface area (Å²) in [6.45, 7) is 8.41. The molecule has 0 saturated carbocycles. The molecule has 3 aromatic rings. The minimum atomic E-state index is 0.350. The molecule has 3 aromatic carbocycles. The van der Waals surface area contributed by atoms with E-state index >= 15 is 0 Å². The molecule has 0 heterocycles. The molecule has 0 saturated heterocycles. The van der Waals surface area contributed by atoms with E-state index in [9.17, 15) is 5.11 Å². The number of hydrogen-bond donors (Lipinski definition) is 1. The molecule has 0 atom stereocenters. The van der Waals surface area contributed by atoms with E-state index in [4.69, 9.17) is 0 Å². The van der Waals surface area contributed by atoms with Gasteiger partial charge in [0.05, 0.1) is 0 Å². The lowest BCUT2D eigenvalue weighted by molar-refractivity contribution is 0.481. The van der Waals surface area contributed by atoms with Crippen LogP contribution < -0.4 is 0 Å². The van der Waals surface area contributed by atoms with Gasteiger partial charge >= 0.3 is 0 Å². The van der Waals surface area contributed by atoms with Crippen LogP contribution in [0.4, 0.5) is 0 Å². The molecule has 0 bridgehead atoms. The summed E-state index contributed by atoms with van der Waals surface area (Å²) in [5, 5.41) is 11.4. The molecule has 0 unspecified atom stereocenters. The number of benzene rings is 3. The average Bonchev–Trinajstić information content (AvgIpc) is 2.59. The minimum Gasteiger partial charge on any atom is -0.507 e. The Bertz CT molecular complexity index is 652. The van der Waals surface area contributed by atoms with Crippen molar-refractivity contribution in [2.45, 2.75) is 33.6 Å². The summed E-state index contributed by atoms with van der Waals surface area (Å²) in [6.07, 6.45) is 0. The Labute approximate surface area is 134 Å². The van der Waals surface area contributed by atoms with E-state index in [0.29, 0.717) is 11.7 Å². The van der Waals surface area contributed by atoms with Gasteiger partial charge in [-0.2, -0.15) is 0 Å². The normalized spacial score (nSPS) is 9.50. The smallest absolute Gasteiger partial charge is 0.123 e. The first-order chi connectivity index (χ1) is 10.7. The average molecular weight is 294 g/mol. The Morgan fingerprint density at radius 3 is 1.77 bits per heavy atom. The summed E-state index contributed by atoms with van der Waals surface area (Å²) in [4.78, 5) is 0. The lowest BCUT2D eigenvalue weighted by Gasteiger charge is -2.01. The third-order valence-electron chi connectivity index (χ3n) is 3.23. The Hall–Kier alpha value is -2.28. The van der Waals surface area contributed by atoms with E-state index in [-0.39, 0.29) is 0 Å². The fraction of sp³-hybridized carbons (Fsp3) is 0.238. The zero-order valence-corrected chi connectivity index (χ0v) is 14.0. The van der Waals surface area contributed by atoms with E-state index in [0.717, 1.165) is 10.8 Å². The highest BCUT2D eigenvalue weighted by Gasteiger charge is 1.94. The number of fused-ring (bicyclic) bond motifs is 1. The summed E-state index contributed by atoms with van der Waals surface area (Å²) < 4.78 is 0. The molecule has 3 rings (SSSR count). The van der Waals surface area contributed by atoms with Crippen molar-refractivity contribution < 1.29 is 5.11 Å². The second kappa shape index (κ2) is 9.62. The third-order valence-corrected chi connectivity index (χ3v) is 3.23. The van der Waals surface area contributed by atoms with Gasteiger partial charge in [0, 0.05) is 5.39 Å². The Morgan fingerprint density at radius 1 is 0.682 bits per heavy atom. The maximum atomic E-state index is 9.37. The van der Waals surface area contributed by atoms with Gasteiger partial charge in [0.25, 0.3) is 0 Å². The molecule has 116 valence electrons. The van der Waals surface area contributed by atoms with Crippen LogP contribution in [0, 0.1) is 0 Å². The molecule has 0 aromatic heterocycles. The van der Waals surface area contributed by atoms with Gasteiger partial charge in [0.2, 0.25) is 0 Å². The van der Waals surface area contributed by atoms with Crippen molar-refractivity contribution in [1.29, 1.82) is 0 Å². The Kier molecular flexibility index (Phi) is 7.77. The summed E-state index contributed by atoms with van der Waals surface area (Å²) >= 11 is 0. The van der Waals surface area contributed by atoms with Crippen molar-refractivity contribution in [2.24, 2.45) is 0 Å². The first kappa shape index (κ1) is 17.8. The van der Waals surface area contributed by atoms with Crippen LogP contribution >= 0.6 is 0 Å². The zero-order chi connectivity index (χ0) is 16.4. The summed E-state index contributed by atoms with van der Waals surface area (Å²) in [6, 6.07) is 23.8. The molecule has 0 spiro atoms. The van der Waals surface area contributed by atoms with Gasteiger partial charge in [-0.15, -0.1) is 0 Å². The maximum absolute atomic E-state index is 9.37. The number of hydrogen-bond acceptors (Lipinski definition) is 1. The van der Waals surface area contributed by atoms with Crippen LogP contribution in [0.1, 0.15) is 39.2 Å². The molecule has 22 heavy (non-hydrogen) atoms. The quantitative estimate of drug-likeness (QED) is 0.552. The molecule has 0 fully saturated rings. The van der Waals surface area contributed by atoms with Crippen LogP contribution in [0.2, 0.25) is 0 Å². The van der Waals surface area contributed by atoms with E-state index in [2.05, 4.69) is 38.1 Å². The molecule has 1 nitrogen and oxygen atoms in total. The standard InChI is InChI=1S/C10H8O.C9H12.C2H6/c11-10-7-3-5-8-4-1-2-6-9(8)10;1-8(2)9-6-4-3-5-7-9;1-2/h1-7,11H;3-8H,1-2H3;1-2H3. The van der Waals surface area contributed by atoms with Gasteiger partial charge in [-0.3, -0.25) is 0 Å². The number of aromatic hydroxyl groups is 1. The fourth-order valence-electron chi connectivity index (χ4n) is 2.05. The highest BCUT2D eigenvalue weighted by molar-refractivity contribution is 5.87. The molecule has 0 radical (unpaired) electrons. The predicted molar refractivity (Wildman–Crippen MR) is 97.5 cm³/mol. The number of phenolic OH excluding ortho intramolecular Hbond substituents is 1. The van der Waals surface area contributed by atoms with Crippen molar-refractivity contribution in [3.05, 3.63) is 78.4 Å². The fourth-order valence-corrected chi connectivity index (χ4v) is 2.05. The van der Waals surface area contributed by atoms with E-state index < -0.39 is 0 Å². The lowest BCUT2D eigenvalue weighted by Crippen LogP contribution is -1.83. The molecule has 0 aliphatic heterocycles. The van der Waals surface area contributed by atoms with Gasteiger partial charge < -0.3 is 5.11 Å². The highest BCUT2D eigenvalue weighted by Crippen LogP contribution is 2.22. The first-order valence-corrected chi connectivity index (χ1v) is 7.90. The van der Waals surface area contributed by atoms with Crippen molar-refractivity contribution in [3.63, 3.8) is 0 Å². The van der Waals surface area contributed by atoms with Crippen molar-refractivity contribution in [3.8, 4) is 5.75 Å². The lowest BCUT2D eigenvalue weighted by atomic mass is 10.0. The molecule has 1 N–H and O–H groups in total. The molecule has 0 aliphatic carbocycles. The van der Waals surface area contributed by atoms with Gasteiger partial charge in [-0.25, -0.2) is 0 Å². The van der Waals surface area contributed by atoms with Gasteiger partial charge in [0.15, 0.2) is 0 Å². The van der Waals surface area contributed by atoms with Crippen LogP contribution in [-0.2, 0) is 0 Å². The van der Waals surface area contributed by atoms with Crippen LogP contribution in [0.25, 0.3) is 10.8 Å². The van der Waals surface area contributed by atoms with Crippen molar-refractivity contribution >= 4 is 10.8 Å². The number of phenols is 1. The molecule has 0 aliphatic rings. The molecule has 0 amide bonds. The van der Waals surface area contributed by atoms with Crippen LogP contribution in [-0.4, -0.2) is 5.11 Å².